The van der Waals surface area contributed by atoms with Crippen LogP contribution in [0.4, 0.5) is 13.2 Å². The fraction of sp³-hybridized carbons (Fsp3) is 0.500. The largest absolute Gasteiger partial charge is 0.431 e. The van der Waals surface area contributed by atoms with Gasteiger partial charge in [0, 0.05) is 7.05 Å². The van der Waals surface area contributed by atoms with Crippen LogP contribution in [-0.2, 0) is 0 Å². The Labute approximate surface area is 50.7 Å². The molecule has 0 aliphatic heterocycles. The van der Waals surface area contributed by atoms with Crippen LogP contribution < -0.4 is 5.84 Å². The zero-order chi connectivity index (χ0) is 7.65. The highest BCUT2D eigenvalue weighted by Gasteiger charge is 2.33. The molecule has 0 unspecified atom stereocenters. The number of nitrogens with zero attached hydrogens (tertiary/aromatic N) is 1. The van der Waals surface area contributed by atoms with Crippen LogP contribution in [0.3, 0.4) is 0 Å². The van der Waals surface area contributed by atoms with Crippen LogP contribution in [0.25, 0.3) is 0 Å². The third-order valence-corrected chi connectivity index (χ3v) is 0.753. The molecule has 0 fully saturated rings. The molecule has 2 nitrogen and oxygen atoms in total. The van der Waals surface area contributed by atoms with Gasteiger partial charge < -0.3 is 5.01 Å². The van der Waals surface area contributed by atoms with Gasteiger partial charge in [-0.15, -0.1) is 0 Å². The average Bonchev–Trinajstić information content (AvgIpc) is 1.62. The van der Waals surface area contributed by atoms with E-state index in [0.717, 1.165) is 7.05 Å². The molecule has 2 N–H and O–H groups in total. The van der Waals surface area contributed by atoms with E-state index < -0.39 is 11.9 Å². The van der Waals surface area contributed by atoms with E-state index in [1.54, 1.807) is 0 Å². The Hall–Kier alpha value is -0.710. The number of nitrogens with two attached hydrogens (primary N) is 1. The summed E-state index contributed by atoms with van der Waals surface area (Å²) in [6, 6.07) is 0. The van der Waals surface area contributed by atoms with E-state index >= 15 is 0 Å². The molecule has 9 heavy (non-hydrogen) atoms. The summed E-state index contributed by atoms with van der Waals surface area (Å²) >= 11 is 0. The SMILES string of the molecule is C=C(N(C)N)C(F)(F)F. The van der Waals surface area contributed by atoms with Crippen LogP contribution in [0.5, 0.6) is 0 Å². The van der Waals surface area contributed by atoms with Gasteiger partial charge in [0.1, 0.15) is 5.70 Å². The highest BCUT2D eigenvalue weighted by molar-refractivity contribution is 4.97. The Morgan fingerprint density at radius 3 is 1.89 bits per heavy atom. The molecule has 0 aromatic rings. The summed E-state index contributed by atoms with van der Waals surface area (Å²) in [6.45, 7) is 2.70. The summed E-state index contributed by atoms with van der Waals surface area (Å²) in [7, 11) is 1.08. The zero-order valence-electron chi connectivity index (χ0n) is 4.87. The van der Waals surface area contributed by atoms with Crippen molar-refractivity contribution in [3.05, 3.63) is 12.3 Å². The van der Waals surface area contributed by atoms with Gasteiger partial charge in [-0.05, 0) is 0 Å². The van der Waals surface area contributed by atoms with Crippen LogP contribution in [-0.4, -0.2) is 18.2 Å². The molecule has 0 saturated heterocycles. The lowest BCUT2D eigenvalue weighted by Crippen LogP contribution is -2.32. The van der Waals surface area contributed by atoms with Crippen molar-refractivity contribution in [2.24, 2.45) is 5.84 Å². The highest BCUT2D eigenvalue weighted by atomic mass is 19.4. The first-order valence-corrected chi connectivity index (χ1v) is 2.10. The molecule has 0 aromatic carbocycles. The number of allylic oxidation sites excluding steroid dienone is 1. The van der Waals surface area contributed by atoms with E-state index in [4.69, 9.17) is 5.84 Å². The molecule has 0 heterocycles. The number of rotatable bonds is 1. The Bertz CT molecular complexity index is 115. The molecule has 0 aliphatic carbocycles. The molecule has 5 heteroatoms. The van der Waals surface area contributed by atoms with E-state index in [2.05, 4.69) is 6.58 Å². The van der Waals surface area contributed by atoms with Crippen molar-refractivity contribution in [1.82, 2.24) is 5.01 Å². The maximum atomic E-state index is 11.5. The molecule has 0 bridgehead atoms. The van der Waals surface area contributed by atoms with Gasteiger partial charge in [0.25, 0.3) is 0 Å². The lowest BCUT2D eigenvalue weighted by Gasteiger charge is -2.16. The number of alkyl halides is 3. The number of halogens is 3. The van der Waals surface area contributed by atoms with Crippen molar-refractivity contribution in [1.29, 1.82) is 0 Å². The predicted molar refractivity (Wildman–Crippen MR) is 27.1 cm³/mol. The summed E-state index contributed by atoms with van der Waals surface area (Å²) < 4.78 is 34.4. The lowest BCUT2D eigenvalue weighted by atomic mass is 10.5. The summed E-state index contributed by atoms with van der Waals surface area (Å²) in [5.41, 5.74) is -1.05. The van der Waals surface area contributed by atoms with Gasteiger partial charge in [-0.25, -0.2) is 5.84 Å². The van der Waals surface area contributed by atoms with Crippen LogP contribution in [0, 0.1) is 0 Å². The topological polar surface area (TPSA) is 29.3 Å². The minimum atomic E-state index is -4.41. The summed E-state index contributed by atoms with van der Waals surface area (Å²) in [4.78, 5) is 0. The first kappa shape index (κ1) is 8.29. The maximum Gasteiger partial charge on any atom is 0.431 e. The molecule has 0 spiro atoms. The minimum Gasteiger partial charge on any atom is -0.310 e. The van der Waals surface area contributed by atoms with Gasteiger partial charge in [-0.2, -0.15) is 13.2 Å². The normalized spacial score (nSPS) is 11.2. The Morgan fingerprint density at radius 1 is 1.56 bits per heavy atom. The average molecular weight is 140 g/mol. The van der Waals surface area contributed by atoms with Crippen LogP contribution >= 0.6 is 0 Å². The third kappa shape index (κ3) is 2.36. The predicted octanol–water partition coefficient (Wildman–Crippen LogP) is 0.868. The summed E-state index contributed by atoms with van der Waals surface area (Å²) in [6.07, 6.45) is -4.41. The van der Waals surface area contributed by atoms with Crippen molar-refractivity contribution in [3.8, 4) is 0 Å². The Kier molecular flexibility index (Phi) is 2.08. The second-order valence-corrected chi connectivity index (χ2v) is 1.56. The second kappa shape index (κ2) is 2.26. The number of hydrogen-bond acceptors (Lipinski definition) is 2. The monoisotopic (exact) mass is 140 g/mol. The summed E-state index contributed by atoms with van der Waals surface area (Å²) in [5.74, 6) is 4.74. The standard InChI is InChI=1S/C4H7F3N2/c1-3(9(2)8)4(5,6)7/h1,8H2,2H3. The van der Waals surface area contributed by atoms with E-state index in [1.165, 1.54) is 0 Å². The van der Waals surface area contributed by atoms with E-state index in [-0.39, 0.29) is 0 Å². The van der Waals surface area contributed by atoms with Crippen LogP contribution in [0.2, 0.25) is 0 Å². The van der Waals surface area contributed by atoms with Gasteiger partial charge >= 0.3 is 6.18 Å². The summed E-state index contributed by atoms with van der Waals surface area (Å²) in [5, 5.41) is 0.431. The molecule has 0 rings (SSSR count). The maximum absolute atomic E-state index is 11.5. The van der Waals surface area contributed by atoms with E-state index in [0.29, 0.717) is 5.01 Å². The quantitative estimate of drug-likeness (QED) is 0.432. The lowest BCUT2D eigenvalue weighted by molar-refractivity contribution is -0.109. The van der Waals surface area contributed by atoms with Gasteiger partial charge in [0.05, 0.1) is 0 Å². The van der Waals surface area contributed by atoms with Crippen LogP contribution in [0.1, 0.15) is 0 Å². The molecule has 0 aromatic heterocycles. The van der Waals surface area contributed by atoms with Gasteiger partial charge in [0.15, 0.2) is 0 Å². The fourth-order valence-electron chi connectivity index (χ4n) is 0.200. The molecule has 0 saturated carbocycles. The van der Waals surface area contributed by atoms with Crippen LogP contribution in [0.15, 0.2) is 12.3 Å². The molecular weight excluding hydrogens is 133 g/mol. The van der Waals surface area contributed by atoms with Gasteiger partial charge in [-0.1, -0.05) is 6.58 Å². The smallest absolute Gasteiger partial charge is 0.310 e. The molecule has 0 radical (unpaired) electrons. The van der Waals surface area contributed by atoms with Gasteiger partial charge in [-0.3, -0.25) is 0 Å². The Morgan fingerprint density at radius 2 is 1.89 bits per heavy atom. The van der Waals surface area contributed by atoms with Crippen molar-refractivity contribution >= 4 is 0 Å². The first-order valence-electron chi connectivity index (χ1n) is 2.10. The van der Waals surface area contributed by atoms with Crippen molar-refractivity contribution in [2.75, 3.05) is 7.05 Å². The fourth-order valence-corrected chi connectivity index (χ4v) is 0.200. The molecule has 0 aliphatic rings. The van der Waals surface area contributed by atoms with Crippen molar-refractivity contribution in [3.63, 3.8) is 0 Å². The molecule has 54 valence electrons. The van der Waals surface area contributed by atoms with Crippen molar-refractivity contribution < 1.29 is 13.2 Å². The molecule has 0 amide bonds. The molecular formula is C4H7F3N2. The number of hydrazine groups is 1. The number of hydrogen-bond donors (Lipinski definition) is 1. The minimum absolute atomic E-state index is 0.431. The second-order valence-electron chi connectivity index (χ2n) is 1.56. The molecule has 0 atom stereocenters. The van der Waals surface area contributed by atoms with E-state index in [9.17, 15) is 13.2 Å². The van der Waals surface area contributed by atoms with E-state index in [1.807, 2.05) is 0 Å². The Balaban J connectivity index is 4.06. The van der Waals surface area contributed by atoms with Crippen molar-refractivity contribution in [2.45, 2.75) is 6.18 Å². The highest BCUT2D eigenvalue weighted by Crippen LogP contribution is 2.23. The van der Waals surface area contributed by atoms with Gasteiger partial charge in [0.2, 0.25) is 0 Å². The third-order valence-electron chi connectivity index (χ3n) is 0.753. The zero-order valence-corrected chi connectivity index (χ0v) is 4.87. The first-order chi connectivity index (χ1) is 3.85.